The number of aryl methyl sites for hydroxylation is 1. The van der Waals surface area contributed by atoms with Crippen LogP contribution in [0.2, 0.25) is 0 Å². The van der Waals surface area contributed by atoms with Crippen LogP contribution in [-0.4, -0.2) is 7.05 Å². The predicted molar refractivity (Wildman–Crippen MR) is 60.7 cm³/mol. The lowest BCUT2D eigenvalue weighted by molar-refractivity contribution is 0.441. The smallest absolute Gasteiger partial charge is 0.159 e. The number of rotatable bonds is 3. The first-order valence-corrected chi connectivity index (χ1v) is 5.30. The molecule has 0 aliphatic rings. The van der Waals surface area contributed by atoms with Crippen molar-refractivity contribution in [3.63, 3.8) is 0 Å². The first-order valence-electron chi connectivity index (χ1n) is 5.30. The van der Waals surface area contributed by atoms with E-state index in [1.165, 1.54) is 12.1 Å². The Labute approximate surface area is 98.3 Å². The highest BCUT2D eigenvalue weighted by Gasteiger charge is 2.17. The van der Waals surface area contributed by atoms with E-state index in [0.717, 1.165) is 11.8 Å². The number of hydrogen-bond donors (Lipinski definition) is 1. The van der Waals surface area contributed by atoms with Crippen molar-refractivity contribution in [3.05, 3.63) is 59.1 Å². The molecule has 0 saturated carbocycles. The van der Waals surface area contributed by atoms with Gasteiger partial charge in [0.1, 0.15) is 11.5 Å². The fraction of sp³-hybridized carbons (Fsp3) is 0.231. The summed E-state index contributed by atoms with van der Waals surface area (Å²) in [5, 5.41) is 3.01. The summed E-state index contributed by atoms with van der Waals surface area (Å²) in [5.74, 6) is -0.246. The van der Waals surface area contributed by atoms with Crippen LogP contribution < -0.4 is 5.32 Å². The standard InChI is InChI=1S/C13H13F2NO/c1-8-3-6-12(17-8)13(16-2)9-4-5-10(14)11(15)7-9/h3-7,13,16H,1-2H3. The number of furan rings is 1. The van der Waals surface area contributed by atoms with Crippen LogP contribution in [0.25, 0.3) is 0 Å². The fourth-order valence-electron chi connectivity index (χ4n) is 1.77. The summed E-state index contributed by atoms with van der Waals surface area (Å²) in [7, 11) is 1.74. The SMILES string of the molecule is CNC(c1ccc(F)c(F)c1)c1ccc(C)o1. The lowest BCUT2D eigenvalue weighted by atomic mass is 10.0. The van der Waals surface area contributed by atoms with Crippen molar-refractivity contribution in [2.24, 2.45) is 0 Å². The van der Waals surface area contributed by atoms with Crippen LogP contribution in [0.4, 0.5) is 8.78 Å². The molecule has 1 aromatic carbocycles. The third kappa shape index (κ3) is 2.36. The largest absolute Gasteiger partial charge is 0.464 e. The monoisotopic (exact) mass is 237 g/mol. The van der Waals surface area contributed by atoms with Crippen molar-refractivity contribution >= 4 is 0 Å². The molecule has 4 heteroatoms. The van der Waals surface area contributed by atoms with E-state index in [9.17, 15) is 8.78 Å². The molecule has 1 atom stereocenters. The molecule has 0 amide bonds. The molecule has 1 unspecified atom stereocenters. The quantitative estimate of drug-likeness (QED) is 0.887. The second-order valence-corrected chi connectivity index (χ2v) is 3.84. The van der Waals surface area contributed by atoms with Crippen LogP contribution in [-0.2, 0) is 0 Å². The van der Waals surface area contributed by atoms with Gasteiger partial charge in [-0.2, -0.15) is 0 Å². The van der Waals surface area contributed by atoms with E-state index in [4.69, 9.17) is 4.42 Å². The molecule has 0 fully saturated rings. The summed E-state index contributed by atoms with van der Waals surface area (Å²) < 4.78 is 31.5. The number of nitrogens with one attached hydrogen (secondary N) is 1. The van der Waals surface area contributed by atoms with Gasteiger partial charge in [0.15, 0.2) is 11.6 Å². The Morgan fingerprint density at radius 1 is 1.12 bits per heavy atom. The van der Waals surface area contributed by atoms with Gasteiger partial charge in [0.2, 0.25) is 0 Å². The topological polar surface area (TPSA) is 25.2 Å². The Kier molecular flexibility index (Phi) is 3.24. The van der Waals surface area contributed by atoms with Crippen LogP contribution in [0, 0.1) is 18.6 Å². The maximum Gasteiger partial charge on any atom is 0.159 e. The Morgan fingerprint density at radius 2 is 1.88 bits per heavy atom. The Hall–Kier alpha value is -1.68. The molecule has 2 rings (SSSR count). The van der Waals surface area contributed by atoms with Gasteiger partial charge in [0.25, 0.3) is 0 Å². The third-order valence-electron chi connectivity index (χ3n) is 2.61. The van der Waals surface area contributed by atoms with E-state index in [1.54, 1.807) is 7.05 Å². The highest BCUT2D eigenvalue weighted by molar-refractivity contribution is 5.28. The summed E-state index contributed by atoms with van der Waals surface area (Å²) in [4.78, 5) is 0. The zero-order valence-corrected chi connectivity index (χ0v) is 9.63. The molecule has 2 aromatic rings. The molecule has 2 nitrogen and oxygen atoms in total. The summed E-state index contributed by atoms with van der Waals surface area (Å²) in [5.41, 5.74) is 0.626. The van der Waals surface area contributed by atoms with Gasteiger partial charge >= 0.3 is 0 Å². The minimum absolute atomic E-state index is 0.279. The first kappa shape index (κ1) is 11.8. The highest BCUT2D eigenvalue weighted by Crippen LogP contribution is 2.24. The van der Waals surface area contributed by atoms with Crippen molar-refractivity contribution in [2.75, 3.05) is 7.05 Å². The van der Waals surface area contributed by atoms with Crippen molar-refractivity contribution in [3.8, 4) is 0 Å². The summed E-state index contributed by atoms with van der Waals surface area (Å²) in [6.07, 6.45) is 0. The predicted octanol–water partition coefficient (Wildman–Crippen LogP) is 3.18. The van der Waals surface area contributed by atoms with Gasteiger partial charge in [-0.25, -0.2) is 8.78 Å². The Morgan fingerprint density at radius 3 is 2.41 bits per heavy atom. The van der Waals surface area contributed by atoms with Gasteiger partial charge < -0.3 is 9.73 Å². The van der Waals surface area contributed by atoms with E-state index in [0.29, 0.717) is 11.3 Å². The molecule has 17 heavy (non-hydrogen) atoms. The van der Waals surface area contributed by atoms with Crippen molar-refractivity contribution in [2.45, 2.75) is 13.0 Å². The average molecular weight is 237 g/mol. The summed E-state index contributed by atoms with van der Waals surface area (Å²) in [6.45, 7) is 1.83. The highest BCUT2D eigenvalue weighted by atomic mass is 19.2. The maximum atomic E-state index is 13.2. The van der Waals surface area contributed by atoms with Crippen LogP contribution >= 0.6 is 0 Å². The van der Waals surface area contributed by atoms with Gasteiger partial charge in [-0.3, -0.25) is 0 Å². The van der Waals surface area contributed by atoms with Crippen molar-refractivity contribution in [1.29, 1.82) is 0 Å². The zero-order chi connectivity index (χ0) is 12.4. The first-order chi connectivity index (χ1) is 8.11. The van der Waals surface area contributed by atoms with Crippen LogP contribution in [0.5, 0.6) is 0 Å². The Bertz CT molecular complexity index is 522. The number of halogens is 2. The zero-order valence-electron chi connectivity index (χ0n) is 9.63. The fourth-order valence-corrected chi connectivity index (χ4v) is 1.77. The minimum atomic E-state index is -0.856. The van der Waals surface area contributed by atoms with Crippen molar-refractivity contribution in [1.82, 2.24) is 5.32 Å². The molecule has 0 spiro atoms. The van der Waals surface area contributed by atoms with E-state index >= 15 is 0 Å². The molecule has 0 saturated heterocycles. The molecular weight excluding hydrogens is 224 g/mol. The summed E-state index contributed by atoms with van der Waals surface area (Å²) >= 11 is 0. The molecule has 90 valence electrons. The molecule has 0 aliphatic heterocycles. The molecule has 0 radical (unpaired) electrons. The van der Waals surface area contributed by atoms with E-state index in [-0.39, 0.29) is 6.04 Å². The van der Waals surface area contributed by atoms with Gasteiger partial charge in [-0.05, 0) is 43.8 Å². The van der Waals surface area contributed by atoms with Gasteiger partial charge in [-0.15, -0.1) is 0 Å². The second-order valence-electron chi connectivity index (χ2n) is 3.84. The average Bonchev–Trinajstić information content (AvgIpc) is 2.71. The molecule has 1 heterocycles. The molecule has 0 aliphatic carbocycles. The lowest BCUT2D eigenvalue weighted by Gasteiger charge is -2.14. The lowest BCUT2D eigenvalue weighted by Crippen LogP contribution is -2.17. The normalized spacial score (nSPS) is 12.7. The number of hydrogen-bond acceptors (Lipinski definition) is 2. The molecule has 1 aromatic heterocycles. The van der Waals surface area contributed by atoms with E-state index in [1.807, 2.05) is 19.1 Å². The third-order valence-corrected chi connectivity index (χ3v) is 2.61. The molecular formula is C13H13F2NO. The molecule has 0 bridgehead atoms. The van der Waals surface area contributed by atoms with Crippen LogP contribution in [0.3, 0.4) is 0 Å². The van der Waals surface area contributed by atoms with Gasteiger partial charge in [0, 0.05) is 0 Å². The van der Waals surface area contributed by atoms with Gasteiger partial charge in [0.05, 0.1) is 6.04 Å². The van der Waals surface area contributed by atoms with Gasteiger partial charge in [-0.1, -0.05) is 6.07 Å². The van der Waals surface area contributed by atoms with E-state index in [2.05, 4.69) is 5.32 Å². The maximum absolute atomic E-state index is 13.2. The number of benzene rings is 1. The summed E-state index contributed by atoms with van der Waals surface area (Å²) in [6, 6.07) is 7.20. The van der Waals surface area contributed by atoms with Crippen LogP contribution in [0.1, 0.15) is 23.1 Å². The second kappa shape index (κ2) is 4.67. The van der Waals surface area contributed by atoms with Crippen LogP contribution in [0.15, 0.2) is 34.7 Å². The minimum Gasteiger partial charge on any atom is -0.464 e. The molecule has 1 N–H and O–H groups in total. The van der Waals surface area contributed by atoms with E-state index < -0.39 is 11.6 Å². The van der Waals surface area contributed by atoms with Crippen molar-refractivity contribution < 1.29 is 13.2 Å². The Balaban J connectivity index is 2.38.